The van der Waals surface area contributed by atoms with Gasteiger partial charge in [0.05, 0.1) is 45.2 Å². The second kappa shape index (κ2) is 11.3. The van der Waals surface area contributed by atoms with Gasteiger partial charge in [-0.3, -0.25) is 9.48 Å². The van der Waals surface area contributed by atoms with Crippen molar-refractivity contribution in [3.63, 3.8) is 0 Å². The summed E-state index contributed by atoms with van der Waals surface area (Å²) in [6, 6.07) is 4.15. The predicted octanol–water partition coefficient (Wildman–Crippen LogP) is 4.88. The van der Waals surface area contributed by atoms with E-state index in [2.05, 4.69) is 25.9 Å². The number of thiophene rings is 1. The standard InChI is InChI=1S/C27H31F4N7O3S/c1-26(2,3)38-12-14(10-33-38)25(40)32-11-19-35-24(36-41-19)22-20(23(39)27(29,30)31)15-6-5-7-18(21(15)42-22)34-17-8-9-37(4)13-16(17)28/h5-7,10,12,16-17,23,34,39H,8-9,11,13H2,1-4H3,(H,32,40)/t16-,17+,23?/m0/s1. The van der Waals surface area contributed by atoms with Crippen LogP contribution in [0.15, 0.2) is 35.1 Å². The average molecular weight is 610 g/mol. The maximum absolute atomic E-state index is 14.8. The molecule has 0 saturated carbocycles. The summed E-state index contributed by atoms with van der Waals surface area (Å²) in [6.07, 6.45) is -5.43. The monoisotopic (exact) mass is 609 g/mol. The number of hydrogen-bond donors (Lipinski definition) is 3. The summed E-state index contributed by atoms with van der Waals surface area (Å²) >= 11 is 0.939. The van der Waals surface area contributed by atoms with Crippen molar-refractivity contribution in [2.75, 3.05) is 25.5 Å². The van der Waals surface area contributed by atoms with Crippen molar-refractivity contribution < 1.29 is 32.0 Å². The van der Waals surface area contributed by atoms with Crippen LogP contribution in [-0.2, 0) is 12.1 Å². The molecule has 0 bridgehead atoms. The van der Waals surface area contributed by atoms with Crippen molar-refractivity contribution in [1.29, 1.82) is 0 Å². The van der Waals surface area contributed by atoms with Crippen LogP contribution in [0.4, 0.5) is 23.2 Å². The van der Waals surface area contributed by atoms with Crippen LogP contribution in [0.3, 0.4) is 0 Å². The number of aliphatic hydroxyl groups excluding tert-OH is 1. The maximum atomic E-state index is 14.8. The van der Waals surface area contributed by atoms with Gasteiger partial charge in [0.25, 0.3) is 5.91 Å². The van der Waals surface area contributed by atoms with Crippen molar-refractivity contribution in [1.82, 2.24) is 30.1 Å². The van der Waals surface area contributed by atoms with E-state index >= 15 is 0 Å². The fraction of sp³-hybridized carbons (Fsp3) is 0.481. The predicted molar refractivity (Wildman–Crippen MR) is 149 cm³/mol. The highest BCUT2D eigenvalue weighted by Gasteiger charge is 2.43. The first kappa shape index (κ1) is 29.9. The number of nitrogens with one attached hydrogen (secondary N) is 2. The maximum Gasteiger partial charge on any atom is 0.418 e. The average Bonchev–Trinajstić information content (AvgIpc) is 3.66. The van der Waals surface area contributed by atoms with Crippen LogP contribution in [0.2, 0.25) is 0 Å². The Balaban J connectivity index is 1.43. The third-order valence-electron chi connectivity index (χ3n) is 7.03. The second-order valence-corrected chi connectivity index (χ2v) is 12.3. The fourth-order valence-electron chi connectivity index (χ4n) is 4.76. The Labute approximate surface area is 242 Å². The number of amides is 1. The number of rotatable bonds is 7. The van der Waals surface area contributed by atoms with E-state index < -0.39 is 36.0 Å². The van der Waals surface area contributed by atoms with Crippen LogP contribution in [0.5, 0.6) is 0 Å². The fourth-order valence-corrected chi connectivity index (χ4v) is 5.99. The van der Waals surface area contributed by atoms with Gasteiger partial charge in [0.1, 0.15) is 6.17 Å². The second-order valence-electron chi connectivity index (χ2n) is 11.3. The van der Waals surface area contributed by atoms with E-state index in [0.29, 0.717) is 28.9 Å². The molecule has 1 saturated heterocycles. The Kier molecular flexibility index (Phi) is 8.02. The number of nitrogens with zero attached hydrogens (tertiary/aromatic N) is 5. The molecule has 15 heteroatoms. The number of likely N-dealkylation sites (tertiary alicyclic amines) is 1. The molecule has 1 aromatic carbocycles. The molecular formula is C27H31F4N7O3S. The lowest BCUT2D eigenvalue weighted by atomic mass is 10.0. The largest absolute Gasteiger partial charge is 0.418 e. The molecule has 3 aromatic heterocycles. The van der Waals surface area contributed by atoms with Gasteiger partial charge in [-0.1, -0.05) is 17.3 Å². The molecule has 5 rings (SSSR count). The number of halogens is 4. The van der Waals surface area contributed by atoms with Crippen molar-refractivity contribution in [3.8, 4) is 10.7 Å². The summed E-state index contributed by atoms with van der Waals surface area (Å²) in [5, 5.41) is 24.4. The number of aliphatic hydroxyl groups is 1. The minimum atomic E-state index is -4.97. The molecule has 4 aromatic rings. The SMILES string of the molecule is CN1CC[C@@H](Nc2cccc3c(C(O)C(F)(F)F)c(-c4noc(CNC(=O)c5cnn(C(C)(C)C)c5)n4)sc23)[C@@H](F)C1. The normalized spacial score (nSPS) is 19.3. The summed E-state index contributed by atoms with van der Waals surface area (Å²) in [7, 11) is 1.82. The van der Waals surface area contributed by atoms with E-state index in [9.17, 15) is 27.5 Å². The first-order valence-electron chi connectivity index (χ1n) is 13.3. The minimum Gasteiger partial charge on any atom is -0.379 e. The zero-order valence-electron chi connectivity index (χ0n) is 23.4. The van der Waals surface area contributed by atoms with Crippen molar-refractivity contribution in [3.05, 3.63) is 47.6 Å². The first-order chi connectivity index (χ1) is 19.7. The van der Waals surface area contributed by atoms with Crippen molar-refractivity contribution in [2.45, 2.75) is 63.8 Å². The van der Waals surface area contributed by atoms with E-state index in [-0.39, 0.29) is 40.6 Å². The number of carbonyl (C=O) groups excluding carboxylic acids is 1. The van der Waals surface area contributed by atoms with Gasteiger partial charge in [-0.25, -0.2) is 4.39 Å². The molecule has 1 fully saturated rings. The summed E-state index contributed by atoms with van der Waals surface area (Å²) in [6.45, 7) is 6.53. The number of benzene rings is 1. The van der Waals surface area contributed by atoms with Gasteiger partial charge in [0.15, 0.2) is 6.10 Å². The Morgan fingerprint density at radius 3 is 2.71 bits per heavy atom. The zero-order valence-corrected chi connectivity index (χ0v) is 24.2. The number of hydrogen-bond acceptors (Lipinski definition) is 9. The lowest BCUT2D eigenvalue weighted by Crippen LogP contribution is -2.46. The van der Waals surface area contributed by atoms with Crippen molar-refractivity contribution in [2.24, 2.45) is 0 Å². The van der Waals surface area contributed by atoms with Crippen LogP contribution in [0, 0.1) is 0 Å². The molecule has 3 atom stereocenters. The molecular weight excluding hydrogens is 578 g/mol. The molecule has 0 radical (unpaired) electrons. The molecule has 10 nitrogen and oxygen atoms in total. The summed E-state index contributed by atoms with van der Waals surface area (Å²) in [5.74, 6) is -0.666. The lowest BCUT2D eigenvalue weighted by Gasteiger charge is -2.33. The molecule has 42 heavy (non-hydrogen) atoms. The van der Waals surface area contributed by atoms with Crippen LogP contribution >= 0.6 is 11.3 Å². The highest BCUT2D eigenvalue weighted by Crippen LogP contribution is 2.48. The summed E-state index contributed by atoms with van der Waals surface area (Å²) in [4.78, 5) is 18.6. The molecule has 3 N–H and O–H groups in total. The quantitative estimate of drug-likeness (QED) is 0.254. The van der Waals surface area contributed by atoms with Crippen LogP contribution in [0.25, 0.3) is 20.8 Å². The van der Waals surface area contributed by atoms with E-state index in [0.717, 1.165) is 11.3 Å². The molecule has 1 unspecified atom stereocenters. The molecule has 0 aliphatic carbocycles. The molecule has 226 valence electrons. The van der Waals surface area contributed by atoms with Gasteiger partial charge in [-0.15, -0.1) is 11.3 Å². The van der Waals surface area contributed by atoms with Gasteiger partial charge >= 0.3 is 6.18 Å². The Morgan fingerprint density at radius 1 is 1.29 bits per heavy atom. The molecule has 1 aliphatic heterocycles. The van der Waals surface area contributed by atoms with Gasteiger partial charge in [0, 0.05) is 30.2 Å². The van der Waals surface area contributed by atoms with E-state index in [4.69, 9.17) is 4.52 Å². The molecule has 4 heterocycles. The van der Waals surface area contributed by atoms with Crippen LogP contribution in [-0.4, -0.2) is 74.4 Å². The number of fused-ring (bicyclic) bond motifs is 1. The van der Waals surface area contributed by atoms with Gasteiger partial charge in [0.2, 0.25) is 11.7 Å². The van der Waals surface area contributed by atoms with Gasteiger partial charge in [-0.2, -0.15) is 23.3 Å². The molecule has 1 amide bonds. The van der Waals surface area contributed by atoms with Crippen molar-refractivity contribution >= 4 is 33.0 Å². The van der Waals surface area contributed by atoms with Gasteiger partial charge < -0.3 is 25.2 Å². The number of anilines is 1. The van der Waals surface area contributed by atoms with E-state index in [1.807, 2.05) is 32.7 Å². The molecule has 1 aliphatic rings. The van der Waals surface area contributed by atoms with E-state index in [1.165, 1.54) is 12.3 Å². The number of carbonyl (C=O) groups is 1. The first-order valence-corrected chi connectivity index (χ1v) is 14.1. The lowest BCUT2D eigenvalue weighted by molar-refractivity contribution is -0.206. The highest BCUT2D eigenvalue weighted by molar-refractivity contribution is 7.23. The minimum absolute atomic E-state index is 0.0444. The smallest absolute Gasteiger partial charge is 0.379 e. The number of alkyl halides is 4. The third kappa shape index (κ3) is 6.13. The Bertz CT molecular complexity index is 1580. The third-order valence-corrected chi connectivity index (χ3v) is 8.28. The summed E-state index contributed by atoms with van der Waals surface area (Å²) in [5.41, 5.74) is 0.0180. The number of aromatic nitrogens is 4. The van der Waals surface area contributed by atoms with Gasteiger partial charge in [-0.05, 0) is 40.3 Å². The molecule has 0 spiro atoms. The number of piperidine rings is 1. The Morgan fingerprint density at radius 2 is 2.05 bits per heavy atom. The zero-order chi connectivity index (χ0) is 30.4. The van der Waals surface area contributed by atoms with Crippen LogP contribution in [0.1, 0.15) is 55.1 Å². The Hall–Kier alpha value is -3.56. The van der Waals surface area contributed by atoms with Crippen LogP contribution < -0.4 is 10.6 Å². The summed E-state index contributed by atoms with van der Waals surface area (Å²) < 4.78 is 63.5. The highest BCUT2D eigenvalue weighted by atomic mass is 32.1. The van der Waals surface area contributed by atoms with E-state index in [1.54, 1.807) is 23.0 Å². The topological polar surface area (TPSA) is 121 Å².